The van der Waals surface area contributed by atoms with Crippen molar-refractivity contribution >= 4 is 10.0 Å². The lowest BCUT2D eigenvalue weighted by molar-refractivity contribution is 0.341. The van der Waals surface area contributed by atoms with E-state index in [-0.39, 0.29) is 16.6 Å². The fraction of sp³-hybridized carbons (Fsp3) is 0.538. The van der Waals surface area contributed by atoms with Crippen molar-refractivity contribution in [2.24, 2.45) is 0 Å². The van der Waals surface area contributed by atoms with Gasteiger partial charge in [-0.25, -0.2) is 13.4 Å². The van der Waals surface area contributed by atoms with Crippen LogP contribution < -0.4 is 5.32 Å². The summed E-state index contributed by atoms with van der Waals surface area (Å²) in [5.41, 5.74) is -0.0499. The number of hydrogen-bond acceptors (Lipinski definition) is 5. The monoisotopic (exact) mass is 294 g/mol. The Hall–Kier alpha value is -1.49. The third-order valence-electron chi connectivity index (χ3n) is 3.59. The zero-order chi connectivity index (χ0) is 14.6. The number of hydrogen-bond donors (Lipinski definition) is 1. The summed E-state index contributed by atoms with van der Waals surface area (Å²) < 4.78 is 26.7. The molecule has 0 aromatic carbocycles. The van der Waals surface area contributed by atoms with Crippen LogP contribution in [0.2, 0.25) is 0 Å². The molecule has 0 aliphatic carbocycles. The topological polar surface area (TPSA) is 86.1 Å². The molecule has 1 saturated heterocycles. The van der Waals surface area contributed by atoms with Crippen molar-refractivity contribution in [3.8, 4) is 6.07 Å². The molecular weight excluding hydrogens is 276 g/mol. The van der Waals surface area contributed by atoms with Gasteiger partial charge in [-0.2, -0.15) is 9.57 Å². The third kappa shape index (κ3) is 2.98. The fourth-order valence-electron chi connectivity index (χ4n) is 2.40. The first-order valence-electron chi connectivity index (χ1n) is 6.61. The molecule has 2 rings (SSSR count). The van der Waals surface area contributed by atoms with E-state index in [2.05, 4.69) is 10.3 Å². The summed E-state index contributed by atoms with van der Waals surface area (Å²) in [6, 6.07) is 4.78. The fourth-order valence-corrected chi connectivity index (χ4v) is 3.91. The van der Waals surface area contributed by atoms with Crippen LogP contribution >= 0.6 is 0 Å². The Balaban J connectivity index is 2.31. The number of rotatable bonds is 3. The minimum Gasteiger partial charge on any atom is -0.317 e. The summed E-state index contributed by atoms with van der Waals surface area (Å²) in [7, 11) is -2.09. The number of sulfonamides is 1. The highest BCUT2D eigenvalue weighted by Gasteiger charge is 2.30. The first-order valence-corrected chi connectivity index (χ1v) is 8.05. The molecule has 6 nitrogen and oxygen atoms in total. The van der Waals surface area contributed by atoms with Crippen LogP contribution in [0.25, 0.3) is 0 Å². The molecule has 7 heteroatoms. The molecule has 0 spiro atoms. The van der Waals surface area contributed by atoms with Gasteiger partial charge in [0.15, 0.2) is 5.69 Å². The van der Waals surface area contributed by atoms with Crippen molar-refractivity contribution in [3.63, 3.8) is 0 Å². The Morgan fingerprint density at radius 1 is 1.45 bits per heavy atom. The Morgan fingerprint density at radius 2 is 2.25 bits per heavy atom. The largest absolute Gasteiger partial charge is 0.317 e. The van der Waals surface area contributed by atoms with E-state index in [1.54, 1.807) is 7.05 Å². The van der Waals surface area contributed by atoms with Crippen molar-refractivity contribution in [2.45, 2.75) is 30.2 Å². The molecule has 1 atom stereocenters. The minimum absolute atomic E-state index is 0.0118. The molecule has 1 unspecified atom stereocenters. The summed E-state index contributed by atoms with van der Waals surface area (Å²) in [6.07, 6.45) is 3.97. The Bertz CT molecular complexity index is 601. The first-order chi connectivity index (χ1) is 9.57. The van der Waals surface area contributed by atoms with E-state index in [1.165, 1.54) is 22.6 Å². The lowest BCUT2D eigenvalue weighted by Gasteiger charge is -2.26. The predicted molar refractivity (Wildman–Crippen MR) is 74.4 cm³/mol. The Kier molecular flexibility index (Phi) is 4.70. The number of nitrogens with zero attached hydrogens (tertiary/aromatic N) is 3. The van der Waals surface area contributed by atoms with Crippen LogP contribution in [0.3, 0.4) is 0 Å². The van der Waals surface area contributed by atoms with Crippen molar-refractivity contribution in [3.05, 3.63) is 24.0 Å². The van der Waals surface area contributed by atoms with Gasteiger partial charge in [0.2, 0.25) is 10.0 Å². The SMILES string of the molecule is CN(C1CCCNCC1)S(=O)(=O)c1cccnc1C#N. The Morgan fingerprint density at radius 3 is 3.00 bits per heavy atom. The average Bonchev–Trinajstić information content (AvgIpc) is 2.75. The van der Waals surface area contributed by atoms with Gasteiger partial charge in [0.05, 0.1) is 0 Å². The normalized spacial score (nSPS) is 20.4. The van der Waals surface area contributed by atoms with E-state index in [9.17, 15) is 8.42 Å². The standard InChI is InChI=1S/C13H18N4O2S/c1-17(11-4-2-7-15-9-6-11)20(18,19)13-5-3-8-16-12(13)10-14/h3,5,8,11,15H,2,4,6-7,9H2,1H3. The van der Waals surface area contributed by atoms with E-state index in [1.807, 2.05) is 6.07 Å². The van der Waals surface area contributed by atoms with Crippen LogP contribution in [0.5, 0.6) is 0 Å². The van der Waals surface area contributed by atoms with Crippen molar-refractivity contribution in [2.75, 3.05) is 20.1 Å². The summed E-state index contributed by atoms with van der Waals surface area (Å²) in [4.78, 5) is 3.82. The van der Waals surface area contributed by atoms with E-state index in [0.717, 1.165) is 32.4 Å². The van der Waals surface area contributed by atoms with Crippen LogP contribution in [0.1, 0.15) is 25.0 Å². The molecule has 1 aromatic heterocycles. The molecule has 0 radical (unpaired) electrons. The lowest BCUT2D eigenvalue weighted by Crippen LogP contribution is -2.38. The molecule has 0 amide bonds. The summed E-state index contributed by atoms with van der Waals surface area (Å²) in [6.45, 7) is 1.73. The van der Waals surface area contributed by atoms with Gasteiger partial charge in [-0.3, -0.25) is 0 Å². The van der Waals surface area contributed by atoms with Gasteiger partial charge in [0.1, 0.15) is 11.0 Å². The number of nitrogens with one attached hydrogen (secondary N) is 1. The van der Waals surface area contributed by atoms with Gasteiger partial charge < -0.3 is 5.32 Å². The molecule has 0 bridgehead atoms. The highest BCUT2D eigenvalue weighted by atomic mass is 32.2. The molecule has 1 aromatic rings. The molecule has 2 heterocycles. The Labute approximate surface area is 119 Å². The summed E-state index contributed by atoms with van der Waals surface area (Å²) in [5.74, 6) is 0. The van der Waals surface area contributed by atoms with Crippen LogP contribution in [0, 0.1) is 11.3 Å². The number of nitriles is 1. The van der Waals surface area contributed by atoms with Gasteiger partial charge >= 0.3 is 0 Å². The van der Waals surface area contributed by atoms with Crippen molar-refractivity contribution in [1.29, 1.82) is 5.26 Å². The summed E-state index contributed by atoms with van der Waals surface area (Å²) >= 11 is 0. The third-order valence-corrected chi connectivity index (χ3v) is 5.53. The number of pyridine rings is 1. The predicted octanol–water partition coefficient (Wildman–Crippen LogP) is 0.716. The van der Waals surface area contributed by atoms with Crippen LogP contribution in [-0.4, -0.2) is 43.9 Å². The quantitative estimate of drug-likeness (QED) is 0.887. The van der Waals surface area contributed by atoms with Gasteiger partial charge in [0.25, 0.3) is 0 Å². The zero-order valence-electron chi connectivity index (χ0n) is 11.4. The van der Waals surface area contributed by atoms with Gasteiger partial charge in [-0.15, -0.1) is 0 Å². The van der Waals surface area contributed by atoms with Crippen molar-refractivity contribution in [1.82, 2.24) is 14.6 Å². The molecule has 108 valence electrons. The second-order valence-electron chi connectivity index (χ2n) is 4.82. The maximum absolute atomic E-state index is 12.6. The van der Waals surface area contributed by atoms with Crippen LogP contribution in [-0.2, 0) is 10.0 Å². The molecule has 1 aliphatic heterocycles. The molecule has 0 saturated carbocycles. The second-order valence-corrected chi connectivity index (χ2v) is 6.78. The van der Waals surface area contributed by atoms with E-state index in [4.69, 9.17) is 5.26 Å². The molecule has 1 fully saturated rings. The average molecular weight is 294 g/mol. The second kappa shape index (κ2) is 6.31. The van der Waals surface area contributed by atoms with E-state index < -0.39 is 10.0 Å². The maximum atomic E-state index is 12.6. The van der Waals surface area contributed by atoms with Gasteiger partial charge in [-0.1, -0.05) is 0 Å². The zero-order valence-corrected chi connectivity index (χ0v) is 12.2. The molecule has 1 N–H and O–H groups in total. The van der Waals surface area contributed by atoms with Crippen LogP contribution in [0.4, 0.5) is 0 Å². The number of aromatic nitrogens is 1. The minimum atomic E-state index is -3.68. The van der Waals surface area contributed by atoms with Gasteiger partial charge in [0, 0.05) is 19.3 Å². The molecule has 1 aliphatic rings. The highest BCUT2D eigenvalue weighted by molar-refractivity contribution is 7.89. The highest BCUT2D eigenvalue weighted by Crippen LogP contribution is 2.22. The smallest absolute Gasteiger partial charge is 0.245 e. The summed E-state index contributed by atoms with van der Waals surface area (Å²) in [5, 5.41) is 12.3. The molecule has 20 heavy (non-hydrogen) atoms. The maximum Gasteiger partial charge on any atom is 0.245 e. The van der Waals surface area contributed by atoms with E-state index in [0.29, 0.717) is 0 Å². The first kappa shape index (κ1) is 14.9. The van der Waals surface area contributed by atoms with Gasteiger partial charge in [-0.05, 0) is 44.5 Å². The lowest BCUT2D eigenvalue weighted by atomic mass is 10.1. The van der Waals surface area contributed by atoms with Crippen molar-refractivity contribution < 1.29 is 8.42 Å². The van der Waals surface area contributed by atoms with E-state index >= 15 is 0 Å². The molecular formula is C13H18N4O2S. The van der Waals surface area contributed by atoms with Crippen LogP contribution in [0.15, 0.2) is 23.2 Å².